The van der Waals surface area contributed by atoms with Crippen LogP contribution in [0.1, 0.15) is 11.1 Å². The van der Waals surface area contributed by atoms with Crippen LogP contribution in [0.25, 0.3) is 0 Å². The number of amides is 2. The Balaban J connectivity index is 2.05. The summed E-state index contributed by atoms with van der Waals surface area (Å²) in [6, 6.07) is 15.0. The number of carbonyl (C=O) groups is 1. The fraction of sp³-hybridized carbons (Fsp3) is 0.188. The van der Waals surface area contributed by atoms with Crippen molar-refractivity contribution in [2.24, 2.45) is 0 Å². The molecule has 0 fully saturated rings. The highest BCUT2D eigenvalue weighted by Crippen LogP contribution is 2.10. The summed E-state index contributed by atoms with van der Waals surface area (Å²) in [4.78, 5) is 13.4. The standard InChI is InChI=1S/C16H18N2O3S/c1-13-8-10-15(11-9-13)22(20,21)17-16(19)18(2)12-14-6-4-3-5-7-14/h3-11H,12H2,1-2H3,(H,17,19). The molecule has 0 radical (unpaired) electrons. The van der Waals surface area contributed by atoms with Crippen molar-refractivity contribution in [3.05, 3.63) is 65.7 Å². The van der Waals surface area contributed by atoms with Crippen molar-refractivity contribution in [3.8, 4) is 0 Å². The van der Waals surface area contributed by atoms with Crippen molar-refractivity contribution in [2.75, 3.05) is 7.05 Å². The summed E-state index contributed by atoms with van der Waals surface area (Å²) in [6.45, 7) is 2.19. The molecule has 0 aliphatic rings. The van der Waals surface area contributed by atoms with Crippen LogP contribution < -0.4 is 4.72 Å². The number of sulfonamides is 1. The predicted molar refractivity (Wildman–Crippen MR) is 84.8 cm³/mol. The molecule has 0 bridgehead atoms. The Labute approximate surface area is 130 Å². The summed E-state index contributed by atoms with van der Waals surface area (Å²) < 4.78 is 26.4. The molecule has 1 N–H and O–H groups in total. The molecule has 2 aromatic rings. The van der Waals surface area contributed by atoms with Gasteiger partial charge in [-0.15, -0.1) is 0 Å². The summed E-state index contributed by atoms with van der Waals surface area (Å²) in [5.41, 5.74) is 1.87. The third-order valence-corrected chi connectivity index (χ3v) is 4.50. The summed E-state index contributed by atoms with van der Waals surface area (Å²) >= 11 is 0. The molecule has 0 aliphatic carbocycles. The highest BCUT2D eigenvalue weighted by Gasteiger charge is 2.19. The Hall–Kier alpha value is -2.34. The molecule has 22 heavy (non-hydrogen) atoms. The fourth-order valence-electron chi connectivity index (χ4n) is 1.90. The van der Waals surface area contributed by atoms with E-state index < -0.39 is 16.1 Å². The molecular weight excluding hydrogens is 300 g/mol. The number of nitrogens with one attached hydrogen (secondary N) is 1. The maximum atomic E-state index is 12.2. The van der Waals surface area contributed by atoms with E-state index >= 15 is 0 Å². The first-order valence-corrected chi connectivity index (χ1v) is 8.25. The van der Waals surface area contributed by atoms with E-state index in [2.05, 4.69) is 4.72 Å². The molecule has 2 amide bonds. The van der Waals surface area contributed by atoms with Gasteiger partial charge in [-0.2, -0.15) is 0 Å². The lowest BCUT2D eigenvalue weighted by Crippen LogP contribution is -2.40. The number of aryl methyl sites for hydroxylation is 1. The minimum Gasteiger partial charge on any atom is -0.323 e. The van der Waals surface area contributed by atoms with Crippen LogP contribution in [0.15, 0.2) is 59.5 Å². The number of rotatable bonds is 4. The number of nitrogens with zero attached hydrogens (tertiary/aromatic N) is 1. The lowest BCUT2D eigenvalue weighted by molar-refractivity contribution is 0.213. The van der Waals surface area contributed by atoms with E-state index in [0.717, 1.165) is 11.1 Å². The largest absolute Gasteiger partial charge is 0.331 e. The molecular formula is C16H18N2O3S. The maximum absolute atomic E-state index is 12.2. The second kappa shape index (κ2) is 6.62. The maximum Gasteiger partial charge on any atom is 0.331 e. The van der Waals surface area contributed by atoms with Gasteiger partial charge < -0.3 is 4.90 Å². The monoisotopic (exact) mass is 318 g/mol. The zero-order valence-corrected chi connectivity index (χ0v) is 13.3. The fourth-order valence-corrected chi connectivity index (χ4v) is 2.90. The van der Waals surface area contributed by atoms with E-state index in [1.807, 2.05) is 37.3 Å². The topological polar surface area (TPSA) is 66.5 Å². The minimum absolute atomic E-state index is 0.0690. The second-order valence-electron chi connectivity index (χ2n) is 5.07. The van der Waals surface area contributed by atoms with Gasteiger partial charge in [-0.05, 0) is 24.6 Å². The Morgan fingerprint density at radius 3 is 2.23 bits per heavy atom. The average molecular weight is 318 g/mol. The second-order valence-corrected chi connectivity index (χ2v) is 6.75. The van der Waals surface area contributed by atoms with E-state index in [4.69, 9.17) is 0 Å². The SMILES string of the molecule is Cc1ccc(S(=O)(=O)NC(=O)N(C)Cc2ccccc2)cc1. The molecule has 2 rings (SSSR count). The molecule has 5 nitrogen and oxygen atoms in total. The van der Waals surface area contributed by atoms with Gasteiger partial charge in [0.15, 0.2) is 0 Å². The first-order valence-electron chi connectivity index (χ1n) is 6.77. The van der Waals surface area contributed by atoms with Crippen LogP contribution in [-0.4, -0.2) is 26.4 Å². The lowest BCUT2D eigenvalue weighted by Gasteiger charge is -2.18. The summed E-state index contributed by atoms with van der Waals surface area (Å²) in [5, 5.41) is 0. The van der Waals surface area contributed by atoms with Gasteiger partial charge in [-0.3, -0.25) is 0 Å². The smallest absolute Gasteiger partial charge is 0.323 e. The van der Waals surface area contributed by atoms with E-state index in [-0.39, 0.29) is 4.90 Å². The molecule has 6 heteroatoms. The quantitative estimate of drug-likeness (QED) is 0.942. The van der Waals surface area contributed by atoms with Gasteiger partial charge in [0, 0.05) is 13.6 Å². The normalized spacial score (nSPS) is 11.0. The van der Waals surface area contributed by atoms with Crippen LogP contribution in [0, 0.1) is 6.92 Å². The summed E-state index contributed by atoms with van der Waals surface area (Å²) in [7, 11) is -2.31. The third kappa shape index (κ3) is 4.08. The molecule has 0 saturated carbocycles. The molecule has 0 atom stereocenters. The Bertz CT molecular complexity index is 741. The molecule has 116 valence electrons. The van der Waals surface area contributed by atoms with Gasteiger partial charge in [-0.25, -0.2) is 17.9 Å². The van der Waals surface area contributed by atoms with Crippen molar-refractivity contribution >= 4 is 16.1 Å². The van der Waals surface area contributed by atoms with Gasteiger partial charge in [0.05, 0.1) is 4.90 Å². The molecule has 0 heterocycles. The van der Waals surface area contributed by atoms with Gasteiger partial charge in [0.2, 0.25) is 0 Å². The van der Waals surface area contributed by atoms with Crippen molar-refractivity contribution in [1.29, 1.82) is 0 Å². The number of hydrogen-bond acceptors (Lipinski definition) is 3. The van der Waals surface area contributed by atoms with E-state index in [9.17, 15) is 13.2 Å². The zero-order chi connectivity index (χ0) is 16.2. The van der Waals surface area contributed by atoms with E-state index in [1.54, 1.807) is 19.2 Å². The number of hydrogen-bond donors (Lipinski definition) is 1. The first-order chi connectivity index (χ1) is 10.4. The Morgan fingerprint density at radius 2 is 1.64 bits per heavy atom. The minimum atomic E-state index is -3.85. The van der Waals surface area contributed by atoms with Gasteiger partial charge in [0.1, 0.15) is 0 Å². The van der Waals surface area contributed by atoms with E-state index in [0.29, 0.717) is 6.54 Å². The van der Waals surface area contributed by atoms with E-state index in [1.165, 1.54) is 17.0 Å². The molecule has 0 saturated heterocycles. The van der Waals surface area contributed by atoms with Gasteiger partial charge >= 0.3 is 6.03 Å². The first kappa shape index (κ1) is 16.0. The van der Waals surface area contributed by atoms with Crippen LogP contribution >= 0.6 is 0 Å². The number of benzene rings is 2. The van der Waals surface area contributed by atoms with Gasteiger partial charge in [0.25, 0.3) is 10.0 Å². The summed E-state index contributed by atoms with van der Waals surface area (Å²) in [6.07, 6.45) is 0. The highest BCUT2D eigenvalue weighted by molar-refractivity contribution is 7.90. The molecule has 0 aliphatic heterocycles. The van der Waals surface area contributed by atoms with Crippen LogP contribution in [0.2, 0.25) is 0 Å². The lowest BCUT2D eigenvalue weighted by atomic mass is 10.2. The summed E-state index contributed by atoms with van der Waals surface area (Å²) in [5.74, 6) is 0. The van der Waals surface area contributed by atoms with Crippen molar-refractivity contribution < 1.29 is 13.2 Å². The van der Waals surface area contributed by atoms with Crippen molar-refractivity contribution in [2.45, 2.75) is 18.4 Å². The average Bonchev–Trinajstić information content (AvgIpc) is 2.48. The third-order valence-electron chi connectivity index (χ3n) is 3.16. The highest BCUT2D eigenvalue weighted by atomic mass is 32.2. The van der Waals surface area contributed by atoms with Crippen LogP contribution in [-0.2, 0) is 16.6 Å². The van der Waals surface area contributed by atoms with Crippen LogP contribution in [0.4, 0.5) is 4.79 Å². The van der Waals surface area contributed by atoms with Crippen molar-refractivity contribution in [1.82, 2.24) is 9.62 Å². The van der Waals surface area contributed by atoms with Crippen LogP contribution in [0.3, 0.4) is 0 Å². The predicted octanol–water partition coefficient (Wildman–Crippen LogP) is 2.53. The Morgan fingerprint density at radius 1 is 1.05 bits per heavy atom. The van der Waals surface area contributed by atoms with Crippen molar-refractivity contribution in [3.63, 3.8) is 0 Å². The van der Waals surface area contributed by atoms with Crippen LogP contribution in [0.5, 0.6) is 0 Å². The Kier molecular flexibility index (Phi) is 4.82. The molecule has 0 unspecified atom stereocenters. The van der Waals surface area contributed by atoms with Gasteiger partial charge in [-0.1, -0.05) is 48.0 Å². The zero-order valence-electron chi connectivity index (χ0n) is 12.5. The molecule has 0 aromatic heterocycles. The number of urea groups is 1. The molecule has 2 aromatic carbocycles. The molecule has 0 spiro atoms. The number of carbonyl (C=O) groups excluding carboxylic acids is 1.